The number of amidine groups is 1. The highest BCUT2D eigenvalue weighted by atomic mass is 32.2. The average Bonchev–Trinajstić information content (AvgIpc) is 1.62. The van der Waals surface area contributed by atoms with E-state index in [1.165, 1.54) is 83.4 Å². The van der Waals surface area contributed by atoms with Gasteiger partial charge in [-0.05, 0) is 90.4 Å². The lowest BCUT2D eigenvalue weighted by Gasteiger charge is -2.36. The van der Waals surface area contributed by atoms with Gasteiger partial charge in [-0.25, -0.2) is 44.5 Å². The first-order valence-corrected chi connectivity index (χ1v) is 47.1. The van der Waals surface area contributed by atoms with E-state index in [2.05, 4.69) is 16.9 Å². The average molecular weight is 1880 g/mol. The van der Waals surface area contributed by atoms with Crippen LogP contribution in [0.15, 0.2) is 195 Å². The second kappa shape index (κ2) is 41.9. The van der Waals surface area contributed by atoms with Crippen molar-refractivity contribution in [3.63, 3.8) is 0 Å². The highest BCUT2D eigenvalue weighted by molar-refractivity contribution is 8.15. The van der Waals surface area contributed by atoms with E-state index in [0.29, 0.717) is 83.4 Å². The number of rotatable bonds is 21. The predicted octanol–water partition coefficient (Wildman–Crippen LogP) is 18.6. The van der Waals surface area contributed by atoms with Gasteiger partial charge >= 0.3 is 11.9 Å². The number of thioether (sulfide) groups is 5. The number of hydrogen-bond donors (Lipinski definition) is 2. The second-order valence-electron chi connectivity index (χ2n) is 34.5. The van der Waals surface area contributed by atoms with Crippen molar-refractivity contribution in [2.24, 2.45) is 60.3 Å². The third kappa shape index (κ3) is 21.7. The minimum atomic E-state index is -1.32. The van der Waals surface area contributed by atoms with Gasteiger partial charge in [0.05, 0.1) is 114 Å². The molecule has 17 rings (SSSR count). The van der Waals surface area contributed by atoms with Crippen LogP contribution >= 0.6 is 58.8 Å². The highest BCUT2D eigenvalue weighted by Gasteiger charge is 2.60. The summed E-state index contributed by atoms with van der Waals surface area (Å²) < 4.78 is 165. The number of nitro groups is 1. The van der Waals surface area contributed by atoms with Crippen molar-refractivity contribution in [2.45, 2.75) is 150 Å². The van der Waals surface area contributed by atoms with Crippen LogP contribution in [0.2, 0.25) is 0 Å². The number of nitro benzene ring substituents is 1. The number of non-ortho nitro benzene ring substituents is 1. The Bertz CT molecular complexity index is 5250. The van der Waals surface area contributed by atoms with Crippen LogP contribution < -0.4 is 11.5 Å². The molecule has 129 heavy (non-hydrogen) atoms. The minimum absolute atomic E-state index is 0.0133. The molecule has 15 atom stereocenters. The van der Waals surface area contributed by atoms with Crippen molar-refractivity contribution >= 4 is 119 Å². The van der Waals surface area contributed by atoms with Gasteiger partial charge in [0.1, 0.15) is 94.7 Å². The number of alkyl halides is 4. The smallest absolute Gasteiger partial charge is 0.312 e. The molecule has 35 heteroatoms. The lowest BCUT2D eigenvalue weighted by atomic mass is 9.78. The van der Waals surface area contributed by atoms with Crippen molar-refractivity contribution in [3.05, 3.63) is 248 Å². The summed E-state index contributed by atoms with van der Waals surface area (Å²) in [4.78, 5) is 83.7. The fraction of sp³-hybridized carbons (Fsp3) is 0.457. The molecule has 0 bridgehead atoms. The topological polar surface area (TPSA) is 290 Å². The summed E-state index contributed by atoms with van der Waals surface area (Å²) in [5.74, 6) is -1.48. The number of aliphatic imine (C=N–C) groups is 5. The van der Waals surface area contributed by atoms with Crippen molar-refractivity contribution in [1.29, 1.82) is 0 Å². The second-order valence-corrected chi connectivity index (χ2v) is 39.9. The van der Waals surface area contributed by atoms with E-state index in [1.54, 1.807) is 114 Å². The van der Waals surface area contributed by atoms with Crippen molar-refractivity contribution in [1.82, 2.24) is 0 Å². The predicted molar refractivity (Wildman–Crippen MR) is 487 cm³/mol. The molecule has 0 aromatic heterocycles. The molecule has 0 saturated carbocycles. The number of fused-ring (bicyclic) bond motifs is 5. The van der Waals surface area contributed by atoms with Crippen molar-refractivity contribution in [2.75, 3.05) is 94.2 Å². The van der Waals surface area contributed by atoms with Gasteiger partial charge in [-0.3, -0.25) is 49.3 Å². The zero-order chi connectivity index (χ0) is 92.4. The Morgan fingerprint density at radius 3 is 1.04 bits per heavy atom. The highest BCUT2D eigenvalue weighted by Crippen LogP contribution is 2.55. The number of carbonyl (C=O) groups excluding carboxylic acids is 4. The van der Waals surface area contributed by atoms with E-state index in [1.807, 2.05) is 54.6 Å². The molecule has 688 valence electrons. The van der Waals surface area contributed by atoms with Crippen molar-refractivity contribution < 1.29 is 96.8 Å². The fourth-order valence-corrected chi connectivity index (χ4v) is 24.2. The summed E-state index contributed by atoms with van der Waals surface area (Å²) in [6.45, 7) is 10.6. The molecule has 4 N–H and O–H groups in total. The number of nitrogens with two attached hydrogens (primary N) is 2. The molecule has 21 nitrogen and oxygen atoms in total. The Morgan fingerprint density at radius 1 is 0.403 bits per heavy atom. The maximum atomic E-state index is 14.8. The van der Waals surface area contributed by atoms with Gasteiger partial charge in [-0.2, -0.15) is 0 Å². The Hall–Kier alpha value is -8.91. The molecular formula is C94H101F9N8O13S5. The third-order valence-electron chi connectivity index (χ3n) is 24.0. The molecule has 0 aliphatic carbocycles. The van der Waals surface area contributed by atoms with E-state index in [-0.39, 0.29) is 128 Å². The molecule has 5 saturated heterocycles. The van der Waals surface area contributed by atoms with Crippen LogP contribution in [0.3, 0.4) is 0 Å². The van der Waals surface area contributed by atoms with Crippen LogP contribution in [0.4, 0.5) is 50.9 Å². The standard InChI is InChI=1S/C22H22FNO2S.C21H19F2NO2S.C19H22F2N2O5S.C19H24F2N2O3S.C13H14F2N2OS/c1-2-20-17-13-27-21(12-19(25)15-8-4-3-5-9-15)24-22(17,14-26-20)16-10-6-7-11-18(16)23;22-11-19-16-12-27-20(10-18(25)14-6-2-1-3-7-14)24-21(16,13-26-19)15-8-4-5-9-17(15)23;1-18(2,3)28-17(24)7-16-22-19(10-27-15(8-20)13(19)9-29-16)12-6-11(23(25)26)4-5-14(12)21;1-18(2,3)26-17(24)7-16-23-19(12-6-11(22)4-5-14(12)21)10-25-15(8-20)13(19)9-27-16;14-5-11-9-6-19-12(16)17-13(9,7-18-11)8-3-1-2-4-10(8)15/h3-11,17,20H,2,12-14H2,1H3;1-9,16,19H,10-13H2;4-6,13,15H,7-10H2,1-3H3;4-6,13,15H,7-10,22H2,1-3H3;1-4,9,11H,5-7H2,(H2,16,17)/t17-,20-,22-;16-,19-,21-;2*13-,15-,19-;9-,11-,13-/m11111/s1. The lowest BCUT2D eigenvalue weighted by molar-refractivity contribution is -0.385. The number of hydrogen-bond acceptors (Lipinski definition) is 25. The first kappa shape index (κ1) is 97.6. The number of anilines is 1. The number of nitrogen functional groups attached to an aromatic ring is 1. The number of benzene rings is 7. The van der Waals surface area contributed by atoms with E-state index in [4.69, 9.17) is 59.6 Å². The number of ketones is 2. The number of Topliss-reactive ketones (excluding diaryl/α,β-unsaturated/α-hetero) is 2. The van der Waals surface area contributed by atoms with Crippen LogP contribution in [-0.4, -0.2) is 184 Å². The van der Waals surface area contributed by atoms with Gasteiger partial charge in [-0.1, -0.05) is 134 Å². The van der Waals surface area contributed by atoms with Crippen LogP contribution in [0.1, 0.15) is 129 Å². The van der Waals surface area contributed by atoms with Crippen LogP contribution in [0.5, 0.6) is 0 Å². The number of nitrogens with zero attached hydrogens (tertiary/aromatic N) is 6. The summed E-state index contributed by atoms with van der Waals surface area (Å²) in [7, 11) is 0. The number of esters is 2. The number of halogens is 9. The van der Waals surface area contributed by atoms with E-state index in [9.17, 15) is 68.8 Å². The maximum Gasteiger partial charge on any atom is 0.312 e. The Morgan fingerprint density at radius 2 is 0.698 bits per heavy atom. The van der Waals surface area contributed by atoms with Gasteiger partial charge in [0.15, 0.2) is 16.7 Å². The van der Waals surface area contributed by atoms with E-state index in [0.717, 1.165) is 35.4 Å². The zero-order valence-corrected chi connectivity index (χ0v) is 76.0. The molecule has 7 aromatic carbocycles. The molecule has 0 radical (unpaired) electrons. The monoisotopic (exact) mass is 1880 g/mol. The largest absolute Gasteiger partial charge is 0.460 e. The van der Waals surface area contributed by atoms with Gasteiger partial charge in [-0.15, -0.1) is 47.0 Å². The summed E-state index contributed by atoms with van der Waals surface area (Å²) in [6, 6.07) is 45.4. The normalized spacial score (nSPS) is 28.1. The fourth-order valence-electron chi connectivity index (χ4n) is 17.9. The van der Waals surface area contributed by atoms with E-state index < -0.39 is 124 Å². The van der Waals surface area contributed by atoms with Crippen LogP contribution in [0, 0.1) is 68.8 Å². The van der Waals surface area contributed by atoms with E-state index >= 15 is 0 Å². The van der Waals surface area contributed by atoms with Gasteiger partial charge in [0, 0.05) is 115 Å². The quantitative estimate of drug-likeness (QED) is 0.0169. The number of carbonyl (C=O) groups is 4. The molecule has 0 unspecified atom stereocenters. The molecule has 7 aromatic rings. The third-order valence-corrected chi connectivity index (χ3v) is 29.3. The Kier molecular flexibility index (Phi) is 31.7. The van der Waals surface area contributed by atoms with Crippen LogP contribution in [0.25, 0.3) is 0 Å². The van der Waals surface area contributed by atoms with Gasteiger partial charge in [0.25, 0.3) is 5.69 Å². The summed E-state index contributed by atoms with van der Waals surface area (Å²) in [5.41, 5.74) is 8.48. The van der Waals surface area contributed by atoms with Gasteiger partial charge < -0.3 is 44.6 Å². The molecule has 0 spiro atoms. The maximum absolute atomic E-state index is 14.8. The summed E-state index contributed by atoms with van der Waals surface area (Å²) >= 11 is 7.05. The molecule has 5 fully saturated rings. The summed E-state index contributed by atoms with van der Waals surface area (Å²) in [5, 5.41) is 13.9. The molecule has 10 aliphatic rings. The minimum Gasteiger partial charge on any atom is -0.460 e. The summed E-state index contributed by atoms with van der Waals surface area (Å²) in [6.07, 6.45) is -1.41. The first-order chi connectivity index (χ1) is 61.6. The molecule has 10 aliphatic heterocycles. The Labute approximate surface area is 763 Å². The number of ether oxygens (including phenoxy) is 7. The molecular weight excluding hydrogens is 1780 g/mol. The van der Waals surface area contributed by atoms with Crippen LogP contribution in [-0.2, 0) is 70.4 Å². The zero-order valence-electron chi connectivity index (χ0n) is 72.0. The first-order valence-electron chi connectivity index (χ1n) is 42.2. The van der Waals surface area contributed by atoms with Gasteiger partial charge in [0.2, 0.25) is 0 Å². The molecule has 10 heterocycles. The SMILES string of the molecule is CC(C)(C)OC(=O)CC1=N[C@@]2(c3cc(N)ccc3F)CO[C@H](CF)[C@H]2CS1.CC(C)(C)OC(=O)CC1=N[C@@]2(c3cc([N+](=O)[O-])ccc3F)CO[C@H](CF)[C@H]2CS1.CC[C@H]1OC[C@]2(c3ccccc3F)N=C(CC(=O)c3ccccc3)SC[C@H]12.NC1=N[C@@]2(c3ccccc3F)CO[C@H](CF)[C@H]2CS1.O=C(CC1=N[C@@]2(c3ccccc3F)CO[C@H](CF)[C@H]2CS1)c1ccccc1. The van der Waals surface area contributed by atoms with Crippen molar-refractivity contribution in [3.8, 4) is 0 Å². The molecule has 0 amide bonds. The lowest BCUT2D eigenvalue weighted by Crippen LogP contribution is -2.42. The Balaban J connectivity index is 0.000000138.